The van der Waals surface area contributed by atoms with E-state index >= 15 is 0 Å². The lowest BCUT2D eigenvalue weighted by atomic mass is 9.88. The molecule has 3 rings (SSSR count). The van der Waals surface area contributed by atoms with Crippen LogP contribution in [0.2, 0.25) is 0 Å². The standard InChI is InChI=1S/C13H19N3/c1-9-13-11(15-10(2)14-9)6-8-16-7-4-3-5-12(13)16/h12H,3-8H2,1-2H3. The molecule has 0 spiro atoms. The monoisotopic (exact) mass is 217 g/mol. The van der Waals surface area contributed by atoms with E-state index in [0.717, 1.165) is 12.2 Å². The predicted octanol–water partition coefficient (Wildman–Crippen LogP) is 2.18. The number of rotatable bonds is 0. The summed E-state index contributed by atoms with van der Waals surface area (Å²) in [5, 5.41) is 0. The first-order chi connectivity index (χ1) is 7.75. The minimum Gasteiger partial charge on any atom is -0.296 e. The zero-order valence-corrected chi connectivity index (χ0v) is 10.2. The van der Waals surface area contributed by atoms with Crippen molar-refractivity contribution in [3.63, 3.8) is 0 Å². The second-order valence-electron chi connectivity index (χ2n) is 5.01. The van der Waals surface area contributed by atoms with Crippen molar-refractivity contribution >= 4 is 0 Å². The van der Waals surface area contributed by atoms with E-state index in [1.165, 1.54) is 49.3 Å². The van der Waals surface area contributed by atoms with Gasteiger partial charge < -0.3 is 0 Å². The van der Waals surface area contributed by atoms with Crippen LogP contribution >= 0.6 is 0 Å². The molecule has 0 N–H and O–H groups in total. The molecule has 0 bridgehead atoms. The molecule has 1 aromatic rings. The quantitative estimate of drug-likeness (QED) is 0.667. The minimum atomic E-state index is 0.609. The maximum atomic E-state index is 4.63. The molecular formula is C13H19N3. The third-order valence-corrected chi connectivity index (χ3v) is 3.91. The lowest BCUT2D eigenvalue weighted by Gasteiger charge is -2.40. The lowest BCUT2D eigenvalue weighted by Crippen LogP contribution is -2.39. The molecule has 0 aliphatic carbocycles. The van der Waals surface area contributed by atoms with E-state index in [9.17, 15) is 0 Å². The highest BCUT2D eigenvalue weighted by atomic mass is 15.2. The highest BCUT2D eigenvalue weighted by Gasteiger charge is 2.31. The van der Waals surface area contributed by atoms with Crippen LogP contribution in [-0.4, -0.2) is 28.0 Å². The Kier molecular flexibility index (Phi) is 2.43. The van der Waals surface area contributed by atoms with Crippen molar-refractivity contribution < 1.29 is 0 Å². The van der Waals surface area contributed by atoms with E-state index in [0.29, 0.717) is 6.04 Å². The fourth-order valence-electron chi connectivity index (χ4n) is 3.25. The van der Waals surface area contributed by atoms with Crippen LogP contribution in [0.25, 0.3) is 0 Å². The van der Waals surface area contributed by atoms with Crippen molar-refractivity contribution in [3.8, 4) is 0 Å². The predicted molar refractivity (Wildman–Crippen MR) is 63.4 cm³/mol. The van der Waals surface area contributed by atoms with Crippen LogP contribution in [0.4, 0.5) is 0 Å². The second-order valence-corrected chi connectivity index (χ2v) is 5.01. The van der Waals surface area contributed by atoms with Gasteiger partial charge in [0.05, 0.1) is 5.69 Å². The van der Waals surface area contributed by atoms with Gasteiger partial charge in [0, 0.05) is 30.3 Å². The number of fused-ring (bicyclic) bond motifs is 3. The second kappa shape index (κ2) is 3.81. The first-order valence-corrected chi connectivity index (χ1v) is 6.34. The van der Waals surface area contributed by atoms with Gasteiger partial charge in [-0.3, -0.25) is 4.90 Å². The van der Waals surface area contributed by atoms with Gasteiger partial charge in [0.15, 0.2) is 0 Å². The number of nitrogens with zero attached hydrogens (tertiary/aromatic N) is 3. The van der Waals surface area contributed by atoms with E-state index < -0.39 is 0 Å². The largest absolute Gasteiger partial charge is 0.296 e. The van der Waals surface area contributed by atoms with Crippen molar-refractivity contribution in [3.05, 3.63) is 22.8 Å². The van der Waals surface area contributed by atoms with Crippen LogP contribution in [0, 0.1) is 13.8 Å². The Balaban J connectivity index is 2.07. The van der Waals surface area contributed by atoms with E-state index in [1.807, 2.05) is 6.92 Å². The maximum Gasteiger partial charge on any atom is 0.125 e. The number of hydrogen-bond donors (Lipinski definition) is 0. The molecule has 2 aliphatic rings. The number of piperidine rings is 1. The van der Waals surface area contributed by atoms with Crippen LogP contribution in [0.3, 0.4) is 0 Å². The molecule has 0 radical (unpaired) electrons. The fourth-order valence-corrected chi connectivity index (χ4v) is 3.25. The first kappa shape index (κ1) is 10.2. The molecular weight excluding hydrogens is 198 g/mol. The van der Waals surface area contributed by atoms with Crippen molar-refractivity contribution in [2.45, 2.75) is 45.6 Å². The topological polar surface area (TPSA) is 29.0 Å². The molecule has 0 saturated carbocycles. The third-order valence-electron chi connectivity index (χ3n) is 3.91. The number of aryl methyl sites for hydroxylation is 2. The molecule has 1 unspecified atom stereocenters. The summed E-state index contributed by atoms with van der Waals surface area (Å²) < 4.78 is 0. The van der Waals surface area contributed by atoms with E-state index in [4.69, 9.17) is 0 Å². The summed E-state index contributed by atoms with van der Waals surface area (Å²) in [5.41, 5.74) is 3.96. The van der Waals surface area contributed by atoms with E-state index in [-0.39, 0.29) is 0 Å². The third kappa shape index (κ3) is 1.54. The van der Waals surface area contributed by atoms with E-state index in [2.05, 4.69) is 21.8 Å². The van der Waals surface area contributed by atoms with Gasteiger partial charge in [0.25, 0.3) is 0 Å². The Labute approximate surface area is 96.9 Å². The summed E-state index contributed by atoms with van der Waals surface area (Å²) in [6.45, 7) is 6.59. The summed E-state index contributed by atoms with van der Waals surface area (Å²) in [6, 6.07) is 0.609. The molecule has 0 aromatic carbocycles. The normalized spacial score (nSPS) is 25.0. The Bertz CT molecular complexity index is 414. The van der Waals surface area contributed by atoms with Gasteiger partial charge in [-0.2, -0.15) is 0 Å². The molecule has 1 saturated heterocycles. The van der Waals surface area contributed by atoms with Crippen molar-refractivity contribution in [1.29, 1.82) is 0 Å². The highest BCUT2D eigenvalue weighted by Crippen LogP contribution is 2.36. The van der Waals surface area contributed by atoms with E-state index in [1.54, 1.807) is 0 Å². The average molecular weight is 217 g/mol. The Morgan fingerprint density at radius 1 is 1.12 bits per heavy atom. The zero-order valence-electron chi connectivity index (χ0n) is 10.2. The van der Waals surface area contributed by atoms with Gasteiger partial charge in [-0.05, 0) is 33.2 Å². The lowest BCUT2D eigenvalue weighted by molar-refractivity contribution is 0.136. The fraction of sp³-hybridized carbons (Fsp3) is 0.692. The van der Waals surface area contributed by atoms with Crippen molar-refractivity contribution in [1.82, 2.24) is 14.9 Å². The van der Waals surface area contributed by atoms with Gasteiger partial charge in [0.2, 0.25) is 0 Å². The summed E-state index contributed by atoms with van der Waals surface area (Å²) in [5.74, 6) is 0.931. The number of aromatic nitrogens is 2. The Hall–Kier alpha value is -0.960. The summed E-state index contributed by atoms with van der Waals surface area (Å²) >= 11 is 0. The number of hydrogen-bond acceptors (Lipinski definition) is 3. The van der Waals surface area contributed by atoms with Crippen LogP contribution in [0.15, 0.2) is 0 Å². The maximum absolute atomic E-state index is 4.63. The Morgan fingerprint density at radius 3 is 2.88 bits per heavy atom. The molecule has 16 heavy (non-hydrogen) atoms. The van der Waals surface area contributed by atoms with Crippen molar-refractivity contribution in [2.24, 2.45) is 0 Å². The molecule has 2 aliphatic heterocycles. The molecule has 1 aromatic heterocycles. The highest BCUT2D eigenvalue weighted by molar-refractivity contribution is 5.31. The van der Waals surface area contributed by atoms with Crippen LogP contribution in [-0.2, 0) is 6.42 Å². The molecule has 1 fully saturated rings. The van der Waals surface area contributed by atoms with Crippen LogP contribution < -0.4 is 0 Å². The smallest absolute Gasteiger partial charge is 0.125 e. The first-order valence-electron chi connectivity index (χ1n) is 6.34. The van der Waals surface area contributed by atoms with Gasteiger partial charge in [-0.25, -0.2) is 9.97 Å². The summed E-state index contributed by atoms with van der Waals surface area (Å²) in [4.78, 5) is 11.8. The molecule has 3 nitrogen and oxygen atoms in total. The van der Waals surface area contributed by atoms with Crippen LogP contribution in [0.1, 0.15) is 48.1 Å². The van der Waals surface area contributed by atoms with Crippen molar-refractivity contribution in [2.75, 3.05) is 13.1 Å². The average Bonchev–Trinajstić information content (AvgIpc) is 2.28. The van der Waals surface area contributed by atoms with Crippen LogP contribution in [0.5, 0.6) is 0 Å². The van der Waals surface area contributed by atoms with Gasteiger partial charge in [-0.15, -0.1) is 0 Å². The zero-order chi connectivity index (χ0) is 11.1. The molecule has 86 valence electrons. The molecule has 3 heterocycles. The summed E-state index contributed by atoms with van der Waals surface area (Å²) in [6.07, 6.45) is 5.11. The minimum absolute atomic E-state index is 0.609. The van der Waals surface area contributed by atoms with Gasteiger partial charge >= 0.3 is 0 Å². The molecule has 0 amide bonds. The molecule has 3 heteroatoms. The molecule has 1 atom stereocenters. The SMILES string of the molecule is Cc1nc(C)c2c(n1)CCN1CCCCC21. The van der Waals surface area contributed by atoms with Gasteiger partial charge in [0.1, 0.15) is 5.82 Å². The summed E-state index contributed by atoms with van der Waals surface area (Å²) in [7, 11) is 0. The van der Waals surface area contributed by atoms with Gasteiger partial charge in [-0.1, -0.05) is 6.42 Å². The Morgan fingerprint density at radius 2 is 2.00 bits per heavy atom.